The van der Waals surface area contributed by atoms with Gasteiger partial charge in [0.1, 0.15) is 17.9 Å². The molecule has 0 spiro atoms. The van der Waals surface area contributed by atoms with Gasteiger partial charge in [0.15, 0.2) is 5.78 Å². The van der Waals surface area contributed by atoms with Crippen LogP contribution in [0.3, 0.4) is 0 Å². The Morgan fingerprint density at radius 2 is 1.56 bits per heavy atom. The van der Waals surface area contributed by atoms with Gasteiger partial charge < -0.3 is 10.1 Å². The van der Waals surface area contributed by atoms with Gasteiger partial charge in [-0.2, -0.15) is 0 Å². The first-order chi connectivity index (χ1) is 11.8. The maximum Gasteiger partial charge on any atom is 0.187 e. The van der Waals surface area contributed by atoms with Crippen molar-refractivity contribution in [2.24, 2.45) is 0 Å². The van der Waals surface area contributed by atoms with Crippen molar-refractivity contribution in [3.63, 3.8) is 0 Å². The summed E-state index contributed by atoms with van der Waals surface area (Å²) in [6.07, 6.45) is 5.81. The molecular formula is C21H24ClNO2. The van der Waals surface area contributed by atoms with E-state index in [-0.39, 0.29) is 30.3 Å². The fourth-order valence-corrected chi connectivity index (χ4v) is 3.87. The monoisotopic (exact) mass is 357 g/mol. The first-order valence-electron chi connectivity index (χ1n) is 8.94. The number of rotatable bonds is 3. The van der Waals surface area contributed by atoms with Gasteiger partial charge in [0.25, 0.3) is 0 Å². The van der Waals surface area contributed by atoms with Crippen LogP contribution >= 0.6 is 12.4 Å². The molecule has 2 aliphatic rings. The molecule has 0 bridgehead atoms. The third-order valence-corrected chi connectivity index (χ3v) is 5.14. The Morgan fingerprint density at radius 3 is 2.32 bits per heavy atom. The zero-order chi connectivity index (χ0) is 16.4. The fourth-order valence-electron chi connectivity index (χ4n) is 3.87. The summed E-state index contributed by atoms with van der Waals surface area (Å²) in [6, 6.07) is 17.8. The summed E-state index contributed by atoms with van der Waals surface area (Å²) >= 11 is 0. The van der Waals surface area contributed by atoms with Crippen molar-refractivity contribution < 1.29 is 9.53 Å². The van der Waals surface area contributed by atoms with Gasteiger partial charge in [-0.05, 0) is 30.5 Å². The number of ether oxygens (including phenoxy) is 1. The van der Waals surface area contributed by atoms with Crippen molar-refractivity contribution in [3.8, 4) is 5.75 Å². The third-order valence-electron chi connectivity index (χ3n) is 5.14. The van der Waals surface area contributed by atoms with Crippen molar-refractivity contribution in [3.05, 3.63) is 65.7 Å². The highest BCUT2D eigenvalue weighted by Gasteiger charge is 2.39. The predicted octanol–water partition coefficient (Wildman–Crippen LogP) is 4.72. The topological polar surface area (TPSA) is 38.3 Å². The van der Waals surface area contributed by atoms with Gasteiger partial charge >= 0.3 is 0 Å². The Kier molecular flexibility index (Phi) is 5.77. The fraction of sp³-hybridized carbons (Fsp3) is 0.381. The first-order valence-corrected chi connectivity index (χ1v) is 8.94. The minimum Gasteiger partial charge on any atom is -0.483 e. The second kappa shape index (κ2) is 8.03. The molecule has 1 heterocycles. The molecule has 2 aromatic rings. The SMILES string of the molecule is Cl.O=C1c2ccccc2O[C@@H](c2ccccc2)[C@@H]1NC1CCCCC1. The van der Waals surface area contributed by atoms with E-state index in [1.807, 2.05) is 54.6 Å². The summed E-state index contributed by atoms with van der Waals surface area (Å²) in [6.45, 7) is 0. The number of hydrogen-bond donors (Lipinski definition) is 1. The second-order valence-electron chi connectivity index (χ2n) is 6.79. The normalized spacial score (nSPS) is 23.3. The van der Waals surface area contributed by atoms with Gasteiger partial charge in [0, 0.05) is 6.04 Å². The molecule has 0 unspecified atom stereocenters. The van der Waals surface area contributed by atoms with Crippen LogP contribution in [0, 0.1) is 0 Å². The molecule has 1 N–H and O–H groups in total. The zero-order valence-electron chi connectivity index (χ0n) is 14.2. The second-order valence-corrected chi connectivity index (χ2v) is 6.79. The van der Waals surface area contributed by atoms with Crippen LogP contribution in [-0.4, -0.2) is 17.9 Å². The van der Waals surface area contributed by atoms with Crippen molar-refractivity contribution in [1.82, 2.24) is 5.32 Å². The number of carbonyl (C=O) groups excluding carboxylic acids is 1. The molecule has 132 valence electrons. The summed E-state index contributed by atoms with van der Waals surface area (Å²) in [7, 11) is 0. The molecule has 1 aliphatic heterocycles. The van der Waals surface area contributed by atoms with E-state index in [0.717, 1.165) is 18.4 Å². The van der Waals surface area contributed by atoms with Gasteiger partial charge in [0.05, 0.1) is 5.56 Å². The van der Waals surface area contributed by atoms with E-state index in [2.05, 4.69) is 5.32 Å². The number of carbonyl (C=O) groups is 1. The van der Waals surface area contributed by atoms with Gasteiger partial charge in [-0.25, -0.2) is 0 Å². The van der Waals surface area contributed by atoms with E-state index in [0.29, 0.717) is 17.4 Å². The number of nitrogens with one attached hydrogen (secondary N) is 1. The highest BCUT2D eigenvalue weighted by molar-refractivity contribution is 6.04. The lowest BCUT2D eigenvalue weighted by atomic mass is 9.88. The van der Waals surface area contributed by atoms with E-state index in [1.54, 1.807) is 0 Å². The molecular weight excluding hydrogens is 334 g/mol. The number of Topliss-reactive ketones (excluding diaryl/α,β-unsaturated/α-hetero) is 1. The van der Waals surface area contributed by atoms with E-state index >= 15 is 0 Å². The Balaban J connectivity index is 0.00000182. The highest BCUT2D eigenvalue weighted by atomic mass is 35.5. The number of para-hydroxylation sites is 1. The van der Waals surface area contributed by atoms with Gasteiger partial charge in [-0.1, -0.05) is 61.7 Å². The average molecular weight is 358 g/mol. The molecule has 2 atom stereocenters. The van der Waals surface area contributed by atoms with Crippen LogP contribution in [0.4, 0.5) is 0 Å². The molecule has 3 nitrogen and oxygen atoms in total. The summed E-state index contributed by atoms with van der Waals surface area (Å²) in [5, 5.41) is 3.62. The molecule has 25 heavy (non-hydrogen) atoms. The van der Waals surface area contributed by atoms with Crippen LogP contribution in [0.2, 0.25) is 0 Å². The minimum absolute atomic E-state index is 0. The molecule has 2 aromatic carbocycles. The lowest BCUT2D eigenvalue weighted by Gasteiger charge is -2.36. The van der Waals surface area contributed by atoms with Gasteiger partial charge in [-0.3, -0.25) is 4.79 Å². The first kappa shape index (κ1) is 18.0. The number of hydrogen-bond acceptors (Lipinski definition) is 3. The number of ketones is 1. The van der Waals surface area contributed by atoms with Crippen LogP contribution < -0.4 is 10.1 Å². The molecule has 4 rings (SSSR count). The molecule has 1 saturated carbocycles. The van der Waals surface area contributed by atoms with Gasteiger partial charge in [-0.15, -0.1) is 12.4 Å². The molecule has 0 radical (unpaired) electrons. The van der Waals surface area contributed by atoms with E-state index in [1.165, 1.54) is 19.3 Å². The van der Waals surface area contributed by atoms with Crippen molar-refractivity contribution >= 4 is 18.2 Å². The Labute approximate surface area is 155 Å². The summed E-state index contributed by atoms with van der Waals surface area (Å²) in [5.74, 6) is 0.842. The standard InChI is InChI=1S/C21H23NO2.ClH/c23-20-17-13-7-8-14-18(17)24-21(15-9-3-1-4-10-15)19(20)22-16-11-5-2-6-12-16;/h1,3-4,7-10,13-14,16,19,21-22H,2,5-6,11-12H2;1H/t19-,21+;/m1./s1. The molecule has 0 amide bonds. The average Bonchev–Trinajstić information content (AvgIpc) is 2.65. The van der Waals surface area contributed by atoms with Crippen LogP contribution in [0.15, 0.2) is 54.6 Å². The third kappa shape index (κ3) is 3.73. The molecule has 1 fully saturated rings. The molecule has 1 aliphatic carbocycles. The van der Waals surface area contributed by atoms with Crippen LogP contribution in [0.25, 0.3) is 0 Å². The van der Waals surface area contributed by atoms with E-state index < -0.39 is 0 Å². The molecule has 4 heteroatoms. The Bertz CT molecular complexity index is 713. The van der Waals surface area contributed by atoms with Gasteiger partial charge in [0.2, 0.25) is 0 Å². The maximum atomic E-state index is 13.1. The summed E-state index contributed by atoms with van der Waals surface area (Å²) in [5.41, 5.74) is 1.74. The van der Waals surface area contributed by atoms with Crippen molar-refractivity contribution in [1.29, 1.82) is 0 Å². The quantitative estimate of drug-likeness (QED) is 0.864. The predicted molar refractivity (Wildman–Crippen MR) is 102 cm³/mol. The molecule has 0 aromatic heterocycles. The zero-order valence-corrected chi connectivity index (χ0v) is 15.0. The highest BCUT2D eigenvalue weighted by Crippen LogP contribution is 2.35. The van der Waals surface area contributed by atoms with Crippen LogP contribution in [0.1, 0.15) is 54.1 Å². The Hall–Kier alpha value is -1.84. The maximum absolute atomic E-state index is 13.1. The van der Waals surface area contributed by atoms with Crippen LogP contribution in [0.5, 0.6) is 5.75 Å². The minimum atomic E-state index is -0.314. The summed E-state index contributed by atoms with van der Waals surface area (Å²) < 4.78 is 6.26. The van der Waals surface area contributed by atoms with E-state index in [4.69, 9.17) is 4.74 Å². The number of benzene rings is 2. The Morgan fingerprint density at radius 1 is 0.880 bits per heavy atom. The van der Waals surface area contributed by atoms with E-state index in [9.17, 15) is 4.79 Å². The lowest BCUT2D eigenvalue weighted by molar-refractivity contribution is 0.0702. The van der Waals surface area contributed by atoms with Crippen LogP contribution in [-0.2, 0) is 0 Å². The van der Waals surface area contributed by atoms with Crippen molar-refractivity contribution in [2.75, 3.05) is 0 Å². The largest absolute Gasteiger partial charge is 0.483 e. The summed E-state index contributed by atoms with van der Waals surface area (Å²) in [4.78, 5) is 13.1. The lowest BCUT2D eigenvalue weighted by Crippen LogP contribution is -2.51. The smallest absolute Gasteiger partial charge is 0.187 e. The number of fused-ring (bicyclic) bond motifs is 1. The molecule has 0 saturated heterocycles. The number of halogens is 1. The van der Waals surface area contributed by atoms with Crippen molar-refractivity contribution in [2.45, 2.75) is 50.3 Å².